The van der Waals surface area contributed by atoms with E-state index in [1.807, 2.05) is 0 Å². The van der Waals surface area contributed by atoms with Gasteiger partial charge in [0, 0.05) is 32.8 Å². The minimum Gasteiger partial charge on any atom is -0.356 e. The summed E-state index contributed by atoms with van der Waals surface area (Å²) >= 11 is 0. The number of imidazole rings is 1. The van der Waals surface area contributed by atoms with Crippen LogP contribution in [0.3, 0.4) is 0 Å². The van der Waals surface area contributed by atoms with Crippen LogP contribution < -0.4 is 10.0 Å². The van der Waals surface area contributed by atoms with E-state index in [1.54, 1.807) is 18.5 Å². The van der Waals surface area contributed by atoms with Crippen LogP contribution in [0.25, 0.3) is 0 Å². The zero-order valence-electron chi connectivity index (χ0n) is 13.7. The topological polar surface area (TPSA) is 93.1 Å². The third kappa shape index (κ3) is 6.15. The Balaban J connectivity index is 2.32. The molecule has 1 aromatic heterocycles. The number of carbonyl (C=O) groups is 1. The Morgan fingerprint density at radius 1 is 1.36 bits per heavy atom. The molecule has 0 bridgehead atoms. The van der Waals surface area contributed by atoms with Crippen LogP contribution in [0.15, 0.2) is 11.2 Å². The first-order chi connectivity index (χ1) is 10.2. The molecule has 0 aliphatic carbocycles. The maximum absolute atomic E-state index is 12.0. The molecule has 0 aliphatic heterocycles. The third-order valence-corrected chi connectivity index (χ3v) is 4.62. The van der Waals surface area contributed by atoms with Crippen LogP contribution in [0, 0.1) is 12.8 Å². The molecule has 0 aromatic carbocycles. The Hall–Kier alpha value is -1.41. The minimum absolute atomic E-state index is 0.0233. The van der Waals surface area contributed by atoms with Crippen LogP contribution in [0.4, 0.5) is 0 Å². The molecule has 0 fully saturated rings. The van der Waals surface area contributed by atoms with Crippen molar-refractivity contribution in [1.82, 2.24) is 19.6 Å². The summed E-state index contributed by atoms with van der Waals surface area (Å²) in [5.74, 6) is 1.08. The maximum atomic E-state index is 12.0. The molecule has 0 radical (unpaired) electrons. The normalized spacial score (nSPS) is 11.9. The van der Waals surface area contributed by atoms with Crippen molar-refractivity contribution in [3.8, 4) is 0 Å². The van der Waals surface area contributed by atoms with Crippen molar-refractivity contribution in [2.24, 2.45) is 13.0 Å². The lowest BCUT2D eigenvalue weighted by Crippen LogP contribution is -2.31. The van der Waals surface area contributed by atoms with E-state index < -0.39 is 10.0 Å². The Labute approximate surface area is 132 Å². The molecule has 0 saturated heterocycles. The zero-order chi connectivity index (χ0) is 16.8. The van der Waals surface area contributed by atoms with Gasteiger partial charge < -0.3 is 9.88 Å². The van der Waals surface area contributed by atoms with E-state index in [1.165, 1.54) is 6.20 Å². The van der Waals surface area contributed by atoms with E-state index >= 15 is 0 Å². The Bertz CT molecular complexity index is 574. The first-order valence-electron chi connectivity index (χ1n) is 7.48. The van der Waals surface area contributed by atoms with Crippen molar-refractivity contribution in [3.05, 3.63) is 12.0 Å². The Morgan fingerprint density at radius 2 is 2.05 bits per heavy atom. The average Bonchev–Trinajstić information content (AvgIpc) is 2.75. The van der Waals surface area contributed by atoms with Crippen molar-refractivity contribution in [2.45, 2.75) is 45.1 Å². The molecule has 0 spiro atoms. The van der Waals surface area contributed by atoms with Crippen LogP contribution >= 0.6 is 0 Å². The molecule has 1 amide bonds. The highest BCUT2D eigenvalue weighted by atomic mass is 32.2. The Morgan fingerprint density at radius 3 is 2.59 bits per heavy atom. The van der Waals surface area contributed by atoms with Gasteiger partial charge in [-0.2, -0.15) is 0 Å². The van der Waals surface area contributed by atoms with Gasteiger partial charge in [0.25, 0.3) is 10.0 Å². The minimum atomic E-state index is -3.66. The number of hydrogen-bond donors (Lipinski definition) is 2. The van der Waals surface area contributed by atoms with Crippen LogP contribution in [0.2, 0.25) is 0 Å². The summed E-state index contributed by atoms with van der Waals surface area (Å²) in [6, 6.07) is 0. The molecular weight excluding hydrogens is 304 g/mol. The van der Waals surface area contributed by atoms with E-state index in [4.69, 9.17) is 0 Å². The number of hydrogen-bond acceptors (Lipinski definition) is 4. The monoisotopic (exact) mass is 330 g/mol. The highest BCUT2D eigenvalue weighted by Gasteiger charge is 2.18. The fourth-order valence-corrected chi connectivity index (χ4v) is 2.92. The lowest BCUT2D eigenvalue weighted by atomic mass is 10.1. The Kier molecular flexibility index (Phi) is 7.02. The molecule has 0 unspecified atom stereocenters. The summed E-state index contributed by atoms with van der Waals surface area (Å²) in [7, 11) is -1.93. The van der Waals surface area contributed by atoms with Crippen molar-refractivity contribution in [3.63, 3.8) is 0 Å². The average molecular weight is 330 g/mol. The summed E-state index contributed by atoms with van der Waals surface area (Å²) in [5.41, 5.74) is 0. The number of aromatic nitrogens is 2. The van der Waals surface area contributed by atoms with Crippen molar-refractivity contribution < 1.29 is 13.2 Å². The summed E-state index contributed by atoms with van der Waals surface area (Å²) in [4.78, 5) is 15.6. The highest BCUT2D eigenvalue weighted by molar-refractivity contribution is 7.89. The summed E-state index contributed by atoms with van der Waals surface area (Å²) in [6.07, 6.45) is 3.56. The third-order valence-electron chi connectivity index (χ3n) is 3.29. The molecule has 0 saturated carbocycles. The molecule has 1 heterocycles. The number of aryl methyl sites for hydroxylation is 2. The molecule has 8 heteroatoms. The molecule has 0 aliphatic rings. The molecule has 7 nitrogen and oxygen atoms in total. The van der Waals surface area contributed by atoms with Gasteiger partial charge in [0.1, 0.15) is 5.82 Å². The molecule has 1 aromatic rings. The zero-order valence-corrected chi connectivity index (χ0v) is 14.5. The van der Waals surface area contributed by atoms with Crippen LogP contribution in [-0.2, 0) is 21.9 Å². The van der Waals surface area contributed by atoms with Gasteiger partial charge in [-0.1, -0.05) is 13.8 Å². The number of carbonyl (C=O) groups excluding carboxylic acids is 1. The summed E-state index contributed by atoms with van der Waals surface area (Å²) in [5, 5.41) is 2.76. The van der Waals surface area contributed by atoms with Gasteiger partial charge in [0.15, 0.2) is 5.03 Å². The van der Waals surface area contributed by atoms with Crippen molar-refractivity contribution >= 4 is 15.9 Å². The second-order valence-electron chi connectivity index (χ2n) is 5.77. The largest absolute Gasteiger partial charge is 0.356 e. The van der Waals surface area contributed by atoms with E-state index in [0.717, 1.165) is 12.8 Å². The van der Waals surface area contributed by atoms with Crippen LogP contribution in [0.5, 0.6) is 0 Å². The van der Waals surface area contributed by atoms with Gasteiger partial charge in [-0.3, -0.25) is 4.79 Å². The molecule has 1 rings (SSSR count). The first kappa shape index (κ1) is 18.6. The predicted molar refractivity (Wildman–Crippen MR) is 84.8 cm³/mol. The number of rotatable bonds is 9. The van der Waals surface area contributed by atoms with Gasteiger partial charge in [-0.15, -0.1) is 0 Å². The highest BCUT2D eigenvalue weighted by Crippen LogP contribution is 2.07. The summed E-state index contributed by atoms with van der Waals surface area (Å²) < 4.78 is 28.0. The first-order valence-corrected chi connectivity index (χ1v) is 8.97. The van der Waals surface area contributed by atoms with E-state index in [9.17, 15) is 13.2 Å². The van der Waals surface area contributed by atoms with E-state index in [-0.39, 0.29) is 23.9 Å². The maximum Gasteiger partial charge on any atom is 0.259 e. The second kappa shape index (κ2) is 8.28. The molecular formula is C14H26N4O3S. The quantitative estimate of drug-likeness (QED) is 0.659. The van der Waals surface area contributed by atoms with Crippen molar-refractivity contribution in [2.75, 3.05) is 13.1 Å². The molecule has 126 valence electrons. The van der Waals surface area contributed by atoms with Gasteiger partial charge in [0.05, 0.1) is 0 Å². The van der Waals surface area contributed by atoms with E-state index in [0.29, 0.717) is 18.3 Å². The smallest absolute Gasteiger partial charge is 0.259 e. The molecule has 2 N–H and O–H groups in total. The van der Waals surface area contributed by atoms with Gasteiger partial charge >= 0.3 is 0 Å². The van der Waals surface area contributed by atoms with Gasteiger partial charge in [-0.05, 0) is 25.7 Å². The van der Waals surface area contributed by atoms with Crippen LogP contribution in [0.1, 0.15) is 38.9 Å². The summed E-state index contributed by atoms with van der Waals surface area (Å²) in [6.45, 7) is 6.69. The van der Waals surface area contributed by atoms with E-state index in [2.05, 4.69) is 28.9 Å². The SMILES string of the molecule is Cc1nc(S(=O)(=O)NCCC(=O)NCCCC(C)C)cn1C. The fraction of sp³-hybridized carbons (Fsp3) is 0.714. The number of nitrogens with zero attached hydrogens (tertiary/aromatic N) is 2. The number of nitrogens with one attached hydrogen (secondary N) is 2. The fourth-order valence-electron chi connectivity index (χ4n) is 1.86. The molecule has 22 heavy (non-hydrogen) atoms. The van der Waals surface area contributed by atoms with Crippen LogP contribution in [-0.4, -0.2) is 37.0 Å². The number of sulfonamides is 1. The van der Waals surface area contributed by atoms with Gasteiger partial charge in [0.2, 0.25) is 5.91 Å². The lowest BCUT2D eigenvalue weighted by Gasteiger charge is -2.07. The number of amides is 1. The second-order valence-corrected chi connectivity index (χ2v) is 7.48. The lowest BCUT2D eigenvalue weighted by molar-refractivity contribution is -0.120. The standard InChI is InChI=1S/C14H26N4O3S/c1-11(2)6-5-8-15-13(19)7-9-16-22(20,21)14-10-18(4)12(3)17-14/h10-11,16H,5-9H2,1-4H3,(H,15,19). The molecule has 0 atom stereocenters. The van der Waals surface area contributed by atoms with Crippen molar-refractivity contribution in [1.29, 1.82) is 0 Å². The van der Waals surface area contributed by atoms with Gasteiger partial charge in [-0.25, -0.2) is 18.1 Å². The predicted octanol–water partition coefficient (Wildman–Crippen LogP) is 0.949.